The standard InChI is InChI=1S/C27H29FN4O9/c1-31(2)19-12-4-8-3-10-15(20(34)14(8)23(37)27(12,41)24(38)16(22(19)36)25(29)39)21(35)18-11(17(10)28)7-32-6-9(33)5-13(32)26(40)30-18/h8-9,12-14,16,19,33,35,41H,3-7H2,1-2H3,(H2,29,39)(H,30,40)/t8-,9+,12-,13-,14?,16?,19-,27-/m0/s1. The van der Waals surface area contributed by atoms with Crippen molar-refractivity contribution in [1.29, 1.82) is 0 Å². The number of hydrogen-bond acceptors (Lipinski definition) is 11. The molecular formula is C27H29FN4O9. The number of carbonyl (C=O) groups is 6. The van der Waals surface area contributed by atoms with Gasteiger partial charge in [0.15, 0.2) is 40.4 Å². The summed E-state index contributed by atoms with van der Waals surface area (Å²) in [7, 11) is 2.94. The number of fused-ring (bicyclic) bond motifs is 5. The predicted molar refractivity (Wildman–Crippen MR) is 135 cm³/mol. The molecule has 2 aliphatic heterocycles. The van der Waals surface area contributed by atoms with Gasteiger partial charge < -0.3 is 26.4 Å². The van der Waals surface area contributed by atoms with Crippen molar-refractivity contribution in [2.24, 2.45) is 29.4 Å². The molecule has 2 heterocycles. The van der Waals surface area contributed by atoms with Gasteiger partial charge in [-0.2, -0.15) is 0 Å². The van der Waals surface area contributed by atoms with E-state index in [2.05, 4.69) is 5.32 Å². The van der Waals surface area contributed by atoms with Crippen LogP contribution in [0.1, 0.15) is 34.3 Å². The van der Waals surface area contributed by atoms with Gasteiger partial charge in [0.05, 0.1) is 35.4 Å². The Morgan fingerprint density at radius 3 is 2.44 bits per heavy atom. The van der Waals surface area contributed by atoms with Crippen LogP contribution in [0.25, 0.3) is 0 Å². The van der Waals surface area contributed by atoms with Crippen molar-refractivity contribution in [1.82, 2.24) is 9.80 Å². The molecule has 0 radical (unpaired) electrons. The molecule has 14 heteroatoms. The van der Waals surface area contributed by atoms with Crippen LogP contribution in [-0.4, -0.2) is 104 Å². The molecule has 0 bridgehead atoms. The number of nitrogens with two attached hydrogens (primary N) is 1. The number of anilines is 1. The minimum atomic E-state index is -2.89. The van der Waals surface area contributed by atoms with Crippen molar-refractivity contribution < 1.29 is 48.5 Å². The quantitative estimate of drug-likeness (QED) is 0.191. The van der Waals surface area contributed by atoms with Gasteiger partial charge in [0, 0.05) is 30.1 Å². The summed E-state index contributed by atoms with van der Waals surface area (Å²) in [5.74, 6) is -14.1. The molecule has 3 aliphatic carbocycles. The van der Waals surface area contributed by atoms with Crippen molar-refractivity contribution in [3.63, 3.8) is 0 Å². The lowest BCUT2D eigenvalue weighted by atomic mass is 9.52. The topological polar surface area (TPSA) is 208 Å². The maximum atomic E-state index is 16.2. The van der Waals surface area contributed by atoms with Crippen molar-refractivity contribution >= 4 is 40.6 Å². The van der Waals surface area contributed by atoms with Gasteiger partial charge in [0.2, 0.25) is 11.8 Å². The molecule has 2 unspecified atom stereocenters. The number of hydrogen-bond donors (Lipinski definition) is 5. The second-order valence-electron chi connectivity index (χ2n) is 12.0. The van der Waals surface area contributed by atoms with Crippen LogP contribution in [0.5, 0.6) is 5.75 Å². The molecule has 218 valence electrons. The monoisotopic (exact) mass is 572 g/mol. The summed E-state index contributed by atoms with van der Waals surface area (Å²) >= 11 is 0. The molecule has 8 atom stereocenters. The summed E-state index contributed by atoms with van der Waals surface area (Å²) in [4.78, 5) is 82.1. The zero-order valence-corrected chi connectivity index (χ0v) is 22.2. The van der Waals surface area contributed by atoms with Crippen LogP contribution in [0.2, 0.25) is 0 Å². The first kappa shape index (κ1) is 27.6. The summed E-state index contributed by atoms with van der Waals surface area (Å²) in [5, 5.41) is 35.3. The summed E-state index contributed by atoms with van der Waals surface area (Å²) in [6.07, 6.45) is -1.14. The molecule has 2 amide bonds. The molecule has 6 rings (SSSR count). The number of phenolic OH excluding ortho intramolecular Hbond substituents is 1. The Balaban J connectivity index is 1.47. The van der Waals surface area contributed by atoms with Crippen LogP contribution in [0.3, 0.4) is 0 Å². The van der Waals surface area contributed by atoms with Gasteiger partial charge in [-0.25, -0.2) is 4.39 Å². The lowest BCUT2D eigenvalue weighted by Crippen LogP contribution is -2.74. The molecule has 0 aromatic heterocycles. The van der Waals surface area contributed by atoms with Gasteiger partial charge in [-0.1, -0.05) is 0 Å². The number of amides is 2. The highest BCUT2D eigenvalue weighted by atomic mass is 19.1. The summed E-state index contributed by atoms with van der Waals surface area (Å²) in [5.41, 5.74) is 1.32. The zero-order chi connectivity index (χ0) is 29.9. The van der Waals surface area contributed by atoms with Crippen LogP contribution < -0.4 is 11.1 Å². The Morgan fingerprint density at radius 1 is 1.12 bits per heavy atom. The molecule has 1 saturated heterocycles. The minimum absolute atomic E-state index is 0.0745. The average molecular weight is 573 g/mol. The number of ketones is 4. The van der Waals surface area contributed by atoms with Crippen molar-refractivity contribution in [3.8, 4) is 5.75 Å². The maximum absolute atomic E-state index is 16.2. The number of carbonyl (C=O) groups excluding carboxylic acids is 6. The second kappa shape index (κ2) is 8.95. The third-order valence-electron chi connectivity index (χ3n) is 9.55. The molecule has 1 aromatic rings. The van der Waals surface area contributed by atoms with Crippen LogP contribution in [-0.2, 0) is 36.9 Å². The molecule has 1 aromatic carbocycles. The first-order chi connectivity index (χ1) is 19.2. The summed E-state index contributed by atoms with van der Waals surface area (Å²) in [6.45, 7) is -0.0280. The Kier molecular flexibility index (Phi) is 6.02. The van der Waals surface area contributed by atoms with Crippen molar-refractivity contribution in [2.75, 3.05) is 26.0 Å². The van der Waals surface area contributed by atoms with Gasteiger partial charge in [-0.15, -0.1) is 0 Å². The third kappa shape index (κ3) is 3.54. The van der Waals surface area contributed by atoms with Gasteiger partial charge in [0.1, 0.15) is 5.82 Å². The Morgan fingerprint density at radius 2 is 1.80 bits per heavy atom. The number of aromatic hydroxyl groups is 1. The maximum Gasteiger partial charge on any atom is 0.241 e. The van der Waals surface area contributed by atoms with E-state index >= 15 is 4.39 Å². The van der Waals surface area contributed by atoms with E-state index < -0.39 is 99.5 Å². The number of rotatable bonds is 2. The molecular weight excluding hydrogens is 543 g/mol. The predicted octanol–water partition coefficient (Wildman–Crippen LogP) is -2.11. The number of phenols is 1. The fourth-order valence-electron chi connectivity index (χ4n) is 7.77. The van der Waals surface area contributed by atoms with E-state index in [0.717, 1.165) is 0 Å². The van der Waals surface area contributed by atoms with Crippen molar-refractivity contribution in [3.05, 3.63) is 22.5 Å². The Hall–Kier alpha value is -3.59. The van der Waals surface area contributed by atoms with E-state index in [0.29, 0.717) is 0 Å². The lowest BCUT2D eigenvalue weighted by Gasteiger charge is -2.52. The average Bonchev–Trinajstić information content (AvgIpc) is 3.19. The Bertz CT molecular complexity index is 1480. The smallest absolute Gasteiger partial charge is 0.241 e. The first-order valence-corrected chi connectivity index (χ1v) is 13.3. The van der Waals surface area contributed by atoms with Crippen molar-refractivity contribution in [2.45, 2.75) is 49.6 Å². The highest BCUT2D eigenvalue weighted by Gasteiger charge is 2.69. The van der Waals surface area contributed by atoms with E-state index in [1.807, 2.05) is 0 Å². The molecule has 13 nitrogen and oxygen atoms in total. The number of Topliss-reactive ketones (excluding diaryl/α,β-unsaturated/α-hetero) is 4. The van der Waals surface area contributed by atoms with E-state index in [9.17, 15) is 44.1 Å². The normalized spacial score (nSPS) is 36.6. The van der Waals surface area contributed by atoms with E-state index in [4.69, 9.17) is 5.73 Å². The summed E-state index contributed by atoms with van der Waals surface area (Å²) in [6, 6.07) is -2.05. The minimum Gasteiger partial charge on any atom is -0.505 e. The number of benzene rings is 1. The number of nitrogens with zero attached hydrogens (tertiary/aromatic N) is 2. The number of aliphatic hydroxyl groups excluding tert-OH is 1. The zero-order valence-electron chi connectivity index (χ0n) is 22.2. The fourth-order valence-corrected chi connectivity index (χ4v) is 7.77. The number of aliphatic hydroxyl groups is 2. The van der Waals surface area contributed by atoms with Crippen LogP contribution in [0.4, 0.5) is 10.1 Å². The van der Waals surface area contributed by atoms with E-state index in [-0.39, 0.29) is 49.2 Å². The fraction of sp³-hybridized carbons (Fsp3) is 0.556. The number of nitrogens with one attached hydrogen (secondary N) is 1. The Labute approximate surface area is 232 Å². The van der Waals surface area contributed by atoms with E-state index in [1.54, 1.807) is 4.90 Å². The van der Waals surface area contributed by atoms with Crippen LogP contribution in [0, 0.1) is 29.5 Å². The lowest BCUT2D eigenvalue weighted by molar-refractivity contribution is -0.181. The van der Waals surface area contributed by atoms with Gasteiger partial charge in [-0.05, 0) is 39.3 Å². The molecule has 0 spiro atoms. The largest absolute Gasteiger partial charge is 0.505 e. The van der Waals surface area contributed by atoms with Crippen LogP contribution >= 0.6 is 0 Å². The van der Waals surface area contributed by atoms with Gasteiger partial charge >= 0.3 is 0 Å². The molecule has 41 heavy (non-hydrogen) atoms. The number of primary amides is 1. The van der Waals surface area contributed by atoms with E-state index in [1.165, 1.54) is 19.0 Å². The SMILES string of the molecule is CN(C)[C@@H]1C(=O)C(C(N)=O)C(=O)[C@@]2(O)C(=O)C3C(=O)c4c(O)c5c(c(F)c4C[C@H]3C[C@@H]12)CN1C[C@H](O)C[C@H]1C(=O)N5. The molecule has 5 aliphatic rings. The summed E-state index contributed by atoms with van der Waals surface area (Å²) < 4.78 is 16.2. The number of halogens is 1. The first-order valence-electron chi connectivity index (χ1n) is 13.3. The highest BCUT2D eigenvalue weighted by Crippen LogP contribution is 2.52. The van der Waals surface area contributed by atoms with Gasteiger partial charge in [-0.3, -0.25) is 38.6 Å². The molecule has 2 saturated carbocycles. The third-order valence-corrected chi connectivity index (χ3v) is 9.55. The number of likely N-dealkylation sites (N-methyl/N-ethyl adjacent to an activating group) is 1. The second-order valence-corrected chi connectivity index (χ2v) is 12.0. The molecule has 6 N–H and O–H groups in total. The van der Waals surface area contributed by atoms with Gasteiger partial charge in [0.25, 0.3) is 0 Å². The molecule has 3 fully saturated rings. The highest BCUT2D eigenvalue weighted by molar-refractivity contribution is 6.32. The van der Waals surface area contributed by atoms with Crippen LogP contribution in [0.15, 0.2) is 0 Å².